The Morgan fingerprint density at radius 3 is 1.92 bits per heavy atom. The number of rotatable bonds is 15. The Labute approximate surface area is 149 Å². The van der Waals surface area contributed by atoms with Crippen LogP contribution >= 0.6 is 0 Å². The molecule has 0 aromatic carbocycles. The molecule has 0 rings (SSSR count). The van der Waals surface area contributed by atoms with Gasteiger partial charge in [-0.2, -0.15) is 0 Å². The van der Waals surface area contributed by atoms with E-state index >= 15 is 0 Å². The summed E-state index contributed by atoms with van der Waals surface area (Å²) in [6.07, 6.45) is 7.33. The van der Waals surface area contributed by atoms with Gasteiger partial charge in [0.1, 0.15) is 0 Å². The first-order valence-corrected chi connectivity index (χ1v) is 9.05. The summed E-state index contributed by atoms with van der Waals surface area (Å²) >= 11 is 0. The number of carboxylic acids is 2. The molecule has 25 heavy (non-hydrogen) atoms. The van der Waals surface area contributed by atoms with Gasteiger partial charge in [-0.3, -0.25) is 9.59 Å². The molecule has 0 spiro atoms. The van der Waals surface area contributed by atoms with E-state index in [1.165, 1.54) is 19.3 Å². The Hall–Kier alpha value is -1.63. The number of aliphatic hydroxyl groups is 1. The molecule has 0 aliphatic rings. The standard InChI is InChI=1S/C18H32O7/c1-3-4-5-6-7-8-9-10-11-14(16(20)21)18(24,17(22)23)13-12-15(19)25-2/h14,24H,3-13H2,1-2H3,(H,20,21)(H,22,23)/t14-,18+/m1/s1. The van der Waals surface area contributed by atoms with Crippen LogP contribution in [0.15, 0.2) is 0 Å². The molecule has 0 aromatic heterocycles. The molecule has 0 saturated carbocycles. The highest BCUT2D eigenvalue weighted by molar-refractivity contribution is 5.86. The normalized spacial score (nSPS) is 14.5. The zero-order chi connectivity index (χ0) is 19.3. The lowest BCUT2D eigenvalue weighted by Crippen LogP contribution is -2.49. The number of aliphatic carboxylic acids is 2. The van der Waals surface area contributed by atoms with Gasteiger partial charge >= 0.3 is 17.9 Å². The van der Waals surface area contributed by atoms with E-state index in [-0.39, 0.29) is 12.8 Å². The van der Waals surface area contributed by atoms with Gasteiger partial charge in [-0.25, -0.2) is 4.79 Å². The molecule has 0 saturated heterocycles. The van der Waals surface area contributed by atoms with Crippen molar-refractivity contribution in [1.82, 2.24) is 0 Å². The third-order valence-electron chi connectivity index (χ3n) is 4.53. The Balaban J connectivity index is 4.53. The van der Waals surface area contributed by atoms with Crippen molar-refractivity contribution < 1.29 is 34.4 Å². The van der Waals surface area contributed by atoms with E-state index in [9.17, 15) is 29.7 Å². The third kappa shape index (κ3) is 8.86. The largest absolute Gasteiger partial charge is 0.481 e. The Bertz CT molecular complexity index is 422. The fourth-order valence-electron chi connectivity index (χ4n) is 2.87. The van der Waals surface area contributed by atoms with Crippen LogP contribution in [0.2, 0.25) is 0 Å². The summed E-state index contributed by atoms with van der Waals surface area (Å²) in [5.74, 6) is -5.12. The number of methoxy groups -OCH3 is 1. The van der Waals surface area contributed by atoms with Crippen LogP contribution in [-0.4, -0.2) is 45.9 Å². The number of carboxylic acid groups (broad SMARTS) is 2. The van der Waals surface area contributed by atoms with Crippen LogP contribution in [0.3, 0.4) is 0 Å². The van der Waals surface area contributed by atoms with Crippen LogP contribution in [0.4, 0.5) is 0 Å². The molecule has 7 heteroatoms. The van der Waals surface area contributed by atoms with Crippen LogP contribution in [0.25, 0.3) is 0 Å². The average Bonchev–Trinajstić information content (AvgIpc) is 2.57. The van der Waals surface area contributed by atoms with Gasteiger partial charge in [0.15, 0.2) is 5.60 Å². The second-order valence-electron chi connectivity index (χ2n) is 6.46. The zero-order valence-electron chi connectivity index (χ0n) is 15.3. The maximum atomic E-state index is 11.5. The molecule has 3 N–H and O–H groups in total. The first kappa shape index (κ1) is 23.4. The molecule has 0 heterocycles. The lowest BCUT2D eigenvalue weighted by Gasteiger charge is -2.29. The van der Waals surface area contributed by atoms with Crippen molar-refractivity contribution in [1.29, 1.82) is 0 Å². The maximum absolute atomic E-state index is 11.5. The van der Waals surface area contributed by atoms with Gasteiger partial charge < -0.3 is 20.1 Å². The van der Waals surface area contributed by atoms with E-state index in [2.05, 4.69) is 11.7 Å². The monoisotopic (exact) mass is 360 g/mol. The Morgan fingerprint density at radius 2 is 1.48 bits per heavy atom. The third-order valence-corrected chi connectivity index (χ3v) is 4.53. The molecule has 146 valence electrons. The van der Waals surface area contributed by atoms with Gasteiger partial charge in [-0.05, 0) is 12.8 Å². The van der Waals surface area contributed by atoms with Crippen molar-refractivity contribution >= 4 is 17.9 Å². The van der Waals surface area contributed by atoms with Gasteiger partial charge in [0.05, 0.1) is 13.0 Å². The molecule has 7 nitrogen and oxygen atoms in total. The summed E-state index contributed by atoms with van der Waals surface area (Å²) in [6, 6.07) is 0. The van der Waals surface area contributed by atoms with E-state index in [0.29, 0.717) is 6.42 Å². The van der Waals surface area contributed by atoms with Crippen molar-refractivity contribution in [3.05, 3.63) is 0 Å². The molecule has 0 unspecified atom stereocenters. The SMILES string of the molecule is CCCCCCCCCC[C@H](C(=O)O)[C@@](O)(CCC(=O)OC)C(=O)O. The molecule has 0 bridgehead atoms. The Morgan fingerprint density at radius 1 is 0.960 bits per heavy atom. The number of esters is 1. The highest BCUT2D eigenvalue weighted by Gasteiger charge is 2.47. The molecule has 0 amide bonds. The molecule has 0 aliphatic carbocycles. The van der Waals surface area contributed by atoms with Gasteiger partial charge in [0.25, 0.3) is 0 Å². The highest BCUT2D eigenvalue weighted by atomic mass is 16.5. The average molecular weight is 360 g/mol. The number of ether oxygens (including phenoxy) is 1. The van der Waals surface area contributed by atoms with E-state index in [1.807, 2.05) is 0 Å². The highest BCUT2D eigenvalue weighted by Crippen LogP contribution is 2.29. The van der Waals surface area contributed by atoms with E-state index in [0.717, 1.165) is 32.8 Å². The minimum atomic E-state index is -2.47. The number of carbonyl (C=O) groups is 3. The number of hydrogen-bond donors (Lipinski definition) is 3. The Kier molecular flexibility index (Phi) is 11.9. The van der Waals surface area contributed by atoms with Gasteiger partial charge in [0.2, 0.25) is 0 Å². The molecule has 0 aromatic rings. The summed E-state index contributed by atoms with van der Waals surface area (Å²) in [6.45, 7) is 2.15. The van der Waals surface area contributed by atoms with Crippen molar-refractivity contribution in [3.63, 3.8) is 0 Å². The van der Waals surface area contributed by atoms with Crippen LogP contribution in [0.1, 0.15) is 77.6 Å². The van der Waals surface area contributed by atoms with Gasteiger partial charge in [-0.1, -0.05) is 58.3 Å². The lowest BCUT2D eigenvalue weighted by atomic mass is 9.80. The first-order chi connectivity index (χ1) is 11.8. The minimum Gasteiger partial charge on any atom is -0.481 e. The maximum Gasteiger partial charge on any atom is 0.336 e. The quantitative estimate of drug-likeness (QED) is 0.303. The number of unbranched alkanes of at least 4 members (excludes halogenated alkanes) is 7. The summed E-state index contributed by atoms with van der Waals surface area (Å²) in [7, 11) is 1.15. The van der Waals surface area contributed by atoms with E-state index < -0.39 is 35.8 Å². The van der Waals surface area contributed by atoms with Crippen molar-refractivity contribution in [2.45, 2.75) is 83.2 Å². The molecular formula is C18H32O7. The summed E-state index contributed by atoms with van der Waals surface area (Å²) in [5, 5.41) is 29.0. The minimum absolute atomic E-state index is 0.0638. The second kappa shape index (κ2) is 12.7. The number of hydrogen-bond acceptors (Lipinski definition) is 5. The first-order valence-electron chi connectivity index (χ1n) is 9.05. The van der Waals surface area contributed by atoms with Crippen molar-refractivity contribution in [2.24, 2.45) is 5.92 Å². The van der Waals surface area contributed by atoms with Crippen LogP contribution in [0, 0.1) is 5.92 Å². The van der Waals surface area contributed by atoms with Gasteiger partial charge in [-0.15, -0.1) is 0 Å². The topological polar surface area (TPSA) is 121 Å². The van der Waals surface area contributed by atoms with E-state index in [4.69, 9.17) is 0 Å². The molecule has 0 aliphatic heterocycles. The van der Waals surface area contributed by atoms with E-state index in [1.54, 1.807) is 0 Å². The van der Waals surface area contributed by atoms with Crippen LogP contribution < -0.4 is 0 Å². The predicted octanol–water partition coefficient (Wildman–Crippen LogP) is 2.99. The number of carbonyl (C=O) groups excluding carboxylic acids is 1. The molecule has 0 fully saturated rings. The summed E-state index contributed by atoms with van der Waals surface area (Å²) in [5.41, 5.74) is -2.47. The van der Waals surface area contributed by atoms with Crippen LogP contribution in [0.5, 0.6) is 0 Å². The van der Waals surface area contributed by atoms with Crippen LogP contribution in [-0.2, 0) is 19.1 Å². The molecule has 2 atom stereocenters. The molecule has 0 radical (unpaired) electrons. The lowest BCUT2D eigenvalue weighted by molar-refractivity contribution is -0.177. The summed E-state index contributed by atoms with van der Waals surface area (Å²) < 4.78 is 4.43. The van der Waals surface area contributed by atoms with Crippen molar-refractivity contribution in [3.8, 4) is 0 Å². The van der Waals surface area contributed by atoms with Crippen molar-refractivity contribution in [2.75, 3.05) is 7.11 Å². The van der Waals surface area contributed by atoms with Gasteiger partial charge in [0, 0.05) is 6.42 Å². The second-order valence-corrected chi connectivity index (χ2v) is 6.46. The zero-order valence-corrected chi connectivity index (χ0v) is 15.3. The fraction of sp³-hybridized carbons (Fsp3) is 0.833. The summed E-state index contributed by atoms with van der Waals surface area (Å²) in [4.78, 5) is 34.1. The smallest absolute Gasteiger partial charge is 0.336 e. The predicted molar refractivity (Wildman–Crippen MR) is 92.2 cm³/mol. The molecular weight excluding hydrogens is 328 g/mol. The fourth-order valence-corrected chi connectivity index (χ4v) is 2.87.